The molecule has 0 unspecified atom stereocenters. The van der Waals surface area contributed by atoms with Gasteiger partial charge in [0.1, 0.15) is 0 Å². The van der Waals surface area contributed by atoms with Crippen molar-refractivity contribution in [3.05, 3.63) is 39.4 Å². The van der Waals surface area contributed by atoms with E-state index in [2.05, 4.69) is 0 Å². The number of aryl methyl sites for hydroxylation is 1. The number of carbonyl (C=O) groups is 1. The number of likely N-dealkylation sites (tertiary alicyclic amines) is 1. The zero-order chi connectivity index (χ0) is 15.7. The summed E-state index contributed by atoms with van der Waals surface area (Å²) in [5.41, 5.74) is 1.18. The number of carbonyl (C=O) groups excluding carboxylic acids is 1. The van der Waals surface area contributed by atoms with Gasteiger partial charge in [-0.2, -0.15) is 0 Å². The van der Waals surface area contributed by atoms with Crippen LogP contribution in [0.4, 0.5) is 5.69 Å². The Balaban J connectivity index is 1.74. The van der Waals surface area contributed by atoms with Crippen molar-refractivity contribution in [3.8, 4) is 0 Å². The molecule has 0 bridgehead atoms. The zero-order valence-corrected chi connectivity index (χ0v) is 13.0. The molecular weight excluding hydrogens is 280 g/mol. The van der Waals surface area contributed by atoms with Gasteiger partial charge >= 0.3 is 0 Å². The molecule has 1 saturated heterocycles. The van der Waals surface area contributed by atoms with Crippen LogP contribution in [0.3, 0.4) is 0 Å². The van der Waals surface area contributed by atoms with Crippen molar-refractivity contribution in [2.24, 2.45) is 11.8 Å². The Hall–Kier alpha value is -1.91. The zero-order valence-electron chi connectivity index (χ0n) is 13.0. The second-order valence-electron chi connectivity index (χ2n) is 6.60. The second-order valence-corrected chi connectivity index (χ2v) is 6.60. The highest BCUT2D eigenvalue weighted by molar-refractivity contribution is 5.94. The quantitative estimate of drug-likeness (QED) is 0.620. The summed E-state index contributed by atoms with van der Waals surface area (Å²) < 4.78 is 0. The maximum absolute atomic E-state index is 12.7. The standard InChI is InChI=1S/C17H22N2O3/c1-12-10-14(6-7-16(12)19(21)22)17(20)18-9-8-13-4-2-3-5-15(13)11-18/h6-7,10,13,15H,2-5,8-9,11H2,1H3/t13-,15+/m0/s1. The maximum Gasteiger partial charge on any atom is 0.272 e. The molecule has 0 N–H and O–H groups in total. The minimum atomic E-state index is -0.406. The van der Waals surface area contributed by atoms with E-state index in [4.69, 9.17) is 0 Å². The summed E-state index contributed by atoms with van der Waals surface area (Å²) in [5, 5.41) is 10.9. The molecule has 5 heteroatoms. The topological polar surface area (TPSA) is 63.5 Å². The summed E-state index contributed by atoms with van der Waals surface area (Å²) >= 11 is 0. The van der Waals surface area contributed by atoms with Crippen LogP contribution in [-0.4, -0.2) is 28.8 Å². The summed E-state index contributed by atoms with van der Waals surface area (Å²) in [5.74, 6) is 1.45. The summed E-state index contributed by atoms with van der Waals surface area (Å²) in [6.45, 7) is 3.35. The average Bonchev–Trinajstić information content (AvgIpc) is 2.53. The summed E-state index contributed by atoms with van der Waals surface area (Å²) in [6, 6.07) is 4.67. The smallest absolute Gasteiger partial charge is 0.272 e. The Labute approximate surface area is 130 Å². The van der Waals surface area contributed by atoms with Gasteiger partial charge < -0.3 is 4.90 Å². The Morgan fingerprint density at radius 1 is 1.23 bits per heavy atom. The molecule has 1 heterocycles. The molecule has 1 aliphatic carbocycles. The number of fused-ring (bicyclic) bond motifs is 1. The number of amides is 1. The normalized spacial score (nSPS) is 24.7. The van der Waals surface area contributed by atoms with E-state index < -0.39 is 4.92 Å². The van der Waals surface area contributed by atoms with Gasteiger partial charge in [-0.3, -0.25) is 14.9 Å². The van der Waals surface area contributed by atoms with Gasteiger partial charge in [0.25, 0.3) is 11.6 Å². The molecule has 1 aromatic rings. The highest BCUT2D eigenvalue weighted by Gasteiger charge is 2.33. The Morgan fingerprint density at radius 2 is 1.95 bits per heavy atom. The van der Waals surface area contributed by atoms with Crippen LogP contribution >= 0.6 is 0 Å². The number of hydrogen-bond donors (Lipinski definition) is 0. The minimum Gasteiger partial charge on any atom is -0.338 e. The molecule has 5 nitrogen and oxygen atoms in total. The van der Waals surface area contributed by atoms with Crippen molar-refractivity contribution in [2.75, 3.05) is 13.1 Å². The van der Waals surface area contributed by atoms with Crippen molar-refractivity contribution in [1.29, 1.82) is 0 Å². The number of hydrogen-bond acceptors (Lipinski definition) is 3. The van der Waals surface area contributed by atoms with E-state index in [1.165, 1.54) is 31.7 Å². The van der Waals surface area contributed by atoms with Crippen LogP contribution < -0.4 is 0 Å². The fraction of sp³-hybridized carbons (Fsp3) is 0.588. The van der Waals surface area contributed by atoms with Gasteiger partial charge in [-0.25, -0.2) is 0 Å². The van der Waals surface area contributed by atoms with Gasteiger partial charge in [-0.15, -0.1) is 0 Å². The molecule has 2 fully saturated rings. The van der Waals surface area contributed by atoms with E-state index in [0.29, 0.717) is 17.0 Å². The molecule has 3 rings (SSSR count). The lowest BCUT2D eigenvalue weighted by Crippen LogP contribution is -2.44. The van der Waals surface area contributed by atoms with Crippen molar-refractivity contribution < 1.29 is 9.72 Å². The van der Waals surface area contributed by atoms with Crippen LogP contribution in [0, 0.1) is 28.9 Å². The van der Waals surface area contributed by atoms with Crippen LogP contribution in [0.5, 0.6) is 0 Å². The van der Waals surface area contributed by atoms with E-state index in [1.807, 2.05) is 4.90 Å². The average molecular weight is 302 g/mol. The van der Waals surface area contributed by atoms with Crippen LogP contribution in [-0.2, 0) is 0 Å². The van der Waals surface area contributed by atoms with E-state index in [9.17, 15) is 14.9 Å². The molecule has 22 heavy (non-hydrogen) atoms. The second kappa shape index (κ2) is 6.07. The van der Waals surface area contributed by atoms with Gasteiger partial charge in [-0.1, -0.05) is 19.3 Å². The molecular formula is C17H22N2O3. The maximum atomic E-state index is 12.7. The third-order valence-electron chi connectivity index (χ3n) is 5.22. The Kier molecular flexibility index (Phi) is 4.14. The fourth-order valence-electron chi connectivity index (χ4n) is 3.96. The van der Waals surface area contributed by atoms with E-state index >= 15 is 0 Å². The van der Waals surface area contributed by atoms with Gasteiger partial charge in [0.2, 0.25) is 0 Å². The van der Waals surface area contributed by atoms with Crippen molar-refractivity contribution >= 4 is 11.6 Å². The largest absolute Gasteiger partial charge is 0.338 e. The van der Waals surface area contributed by atoms with Gasteiger partial charge in [0.05, 0.1) is 4.92 Å². The number of rotatable bonds is 2. The van der Waals surface area contributed by atoms with Crippen molar-refractivity contribution in [2.45, 2.75) is 39.0 Å². The van der Waals surface area contributed by atoms with Gasteiger partial charge in [0.15, 0.2) is 0 Å². The Bertz CT molecular complexity index is 600. The van der Waals surface area contributed by atoms with E-state index in [0.717, 1.165) is 25.4 Å². The number of nitro groups is 1. The fourth-order valence-corrected chi connectivity index (χ4v) is 3.96. The Morgan fingerprint density at radius 3 is 2.64 bits per heavy atom. The number of nitro benzene ring substituents is 1. The minimum absolute atomic E-state index is 0.0158. The van der Waals surface area contributed by atoms with E-state index in [-0.39, 0.29) is 11.6 Å². The van der Waals surface area contributed by atoms with Crippen LogP contribution in [0.2, 0.25) is 0 Å². The first kappa shape index (κ1) is 15.0. The molecule has 1 amide bonds. The molecule has 118 valence electrons. The first-order chi connectivity index (χ1) is 10.6. The number of piperidine rings is 1. The lowest BCUT2D eigenvalue weighted by Gasteiger charge is -2.41. The highest BCUT2D eigenvalue weighted by atomic mass is 16.6. The predicted octanol–water partition coefficient (Wildman–Crippen LogP) is 3.56. The first-order valence-corrected chi connectivity index (χ1v) is 8.10. The molecule has 2 aliphatic rings. The molecule has 1 saturated carbocycles. The lowest BCUT2D eigenvalue weighted by molar-refractivity contribution is -0.385. The van der Waals surface area contributed by atoms with Crippen LogP contribution in [0.1, 0.15) is 48.0 Å². The third kappa shape index (κ3) is 2.85. The first-order valence-electron chi connectivity index (χ1n) is 8.10. The molecule has 2 atom stereocenters. The van der Waals surface area contributed by atoms with Gasteiger partial charge in [-0.05, 0) is 43.7 Å². The highest BCUT2D eigenvalue weighted by Crippen LogP contribution is 2.36. The molecule has 1 aromatic carbocycles. The van der Waals surface area contributed by atoms with Crippen LogP contribution in [0.25, 0.3) is 0 Å². The summed E-state index contributed by atoms with van der Waals surface area (Å²) in [4.78, 5) is 25.1. The van der Waals surface area contributed by atoms with Crippen molar-refractivity contribution in [3.63, 3.8) is 0 Å². The van der Waals surface area contributed by atoms with Crippen LogP contribution in [0.15, 0.2) is 18.2 Å². The molecule has 0 spiro atoms. The molecule has 0 radical (unpaired) electrons. The number of benzene rings is 1. The molecule has 1 aliphatic heterocycles. The number of nitrogens with zero attached hydrogens (tertiary/aromatic N) is 2. The molecule has 0 aromatic heterocycles. The van der Waals surface area contributed by atoms with Crippen molar-refractivity contribution in [1.82, 2.24) is 4.90 Å². The third-order valence-corrected chi connectivity index (χ3v) is 5.22. The lowest BCUT2D eigenvalue weighted by atomic mass is 9.75. The van der Waals surface area contributed by atoms with E-state index in [1.54, 1.807) is 19.1 Å². The SMILES string of the molecule is Cc1cc(C(=O)N2CC[C@@H]3CCCC[C@@H]3C2)ccc1[N+](=O)[O-]. The predicted molar refractivity (Wildman–Crippen MR) is 83.8 cm³/mol. The summed E-state index contributed by atoms with van der Waals surface area (Å²) in [7, 11) is 0. The van der Waals surface area contributed by atoms with Gasteiger partial charge in [0, 0.05) is 30.3 Å². The monoisotopic (exact) mass is 302 g/mol. The summed E-state index contributed by atoms with van der Waals surface area (Å²) in [6.07, 6.45) is 6.25.